The second-order valence-corrected chi connectivity index (χ2v) is 4.52. The van der Waals surface area contributed by atoms with Crippen LogP contribution in [-0.4, -0.2) is 4.98 Å². The second kappa shape index (κ2) is 6.60. The number of pyridine rings is 1. The summed E-state index contributed by atoms with van der Waals surface area (Å²) < 4.78 is 0. The van der Waals surface area contributed by atoms with Crippen molar-refractivity contribution in [2.45, 2.75) is 6.92 Å². The van der Waals surface area contributed by atoms with Gasteiger partial charge in [0.2, 0.25) is 0 Å². The molecule has 1 aromatic heterocycles. The molecule has 0 atom stereocenters. The molecule has 1 nitrogen and oxygen atoms in total. The van der Waals surface area contributed by atoms with Gasteiger partial charge in [0.1, 0.15) is 0 Å². The van der Waals surface area contributed by atoms with Gasteiger partial charge in [0.05, 0.1) is 0 Å². The Hall–Kier alpha value is -1.76. The molecule has 0 aliphatic heterocycles. The maximum Gasteiger partial charge on any atom is 0.0160 e. The van der Waals surface area contributed by atoms with Gasteiger partial charge in [-0.15, -0.1) is 29.3 Å². The van der Waals surface area contributed by atoms with Gasteiger partial charge >= 0.3 is 0 Å². The van der Waals surface area contributed by atoms with Crippen molar-refractivity contribution >= 4 is 0 Å². The topological polar surface area (TPSA) is 12.9 Å². The van der Waals surface area contributed by atoms with E-state index in [1.807, 2.05) is 36.5 Å². The second-order valence-electron chi connectivity index (χ2n) is 4.52. The summed E-state index contributed by atoms with van der Waals surface area (Å²) in [4.78, 5) is 4.38. The molecule has 3 aromatic rings. The number of benzene rings is 2. The Morgan fingerprint density at radius 2 is 1.70 bits per heavy atom. The summed E-state index contributed by atoms with van der Waals surface area (Å²) in [5.74, 6) is 0. The van der Waals surface area contributed by atoms with Gasteiger partial charge in [-0.1, -0.05) is 55.0 Å². The third-order valence-electron chi connectivity index (χ3n) is 3.18. The Kier molecular flexibility index (Phi) is 4.83. The zero-order valence-corrected chi connectivity index (χ0v) is 13.5. The Balaban J connectivity index is 0.00000147. The molecule has 0 amide bonds. The SMILES string of the molecule is Cc1c[c-]c(-c2ccccn2)cc1-c1ccccc1.[Ir]. The van der Waals surface area contributed by atoms with Crippen LogP contribution in [0.2, 0.25) is 0 Å². The molecule has 0 aliphatic carbocycles. The average molecular weight is 437 g/mol. The summed E-state index contributed by atoms with van der Waals surface area (Å²) in [5.41, 5.74) is 5.68. The van der Waals surface area contributed by atoms with E-state index in [1.165, 1.54) is 16.7 Å². The van der Waals surface area contributed by atoms with Crippen molar-refractivity contribution in [2.24, 2.45) is 0 Å². The summed E-state index contributed by atoms with van der Waals surface area (Å²) in [5, 5.41) is 0. The van der Waals surface area contributed by atoms with E-state index in [4.69, 9.17) is 0 Å². The molecule has 0 spiro atoms. The van der Waals surface area contributed by atoms with Gasteiger partial charge in [-0.3, -0.25) is 0 Å². The minimum atomic E-state index is 0. The van der Waals surface area contributed by atoms with E-state index in [1.54, 1.807) is 0 Å². The molecular formula is C18H14IrN-. The Morgan fingerprint density at radius 3 is 2.40 bits per heavy atom. The van der Waals surface area contributed by atoms with Crippen molar-refractivity contribution in [3.63, 3.8) is 0 Å². The quantitative estimate of drug-likeness (QED) is 0.539. The number of nitrogens with zero attached hydrogens (tertiary/aromatic N) is 1. The first-order valence-corrected chi connectivity index (χ1v) is 6.34. The first kappa shape index (κ1) is 14.6. The van der Waals surface area contributed by atoms with E-state index in [0.29, 0.717) is 0 Å². The van der Waals surface area contributed by atoms with Crippen LogP contribution in [0.25, 0.3) is 22.4 Å². The van der Waals surface area contributed by atoms with Crippen molar-refractivity contribution in [3.05, 3.63) is 78.5 Å². The molecule has 0 fully saturated rings. The molecule has 0 N–H and O–H groups in total. The maximum atomic E-state index is 4.38. The van der Waals surface area contributed by atoms with Gasteiger partial charge in [-0.05, 0) is 17.3 Å². The molecule has 1 radical (unpaired) electrons. The maximum absolute atomic E-state index is 4.38. The molecule has 3 rings (SSSR count). The first-order valence-electron chi connectivity index (χ1n) is 6.34. The molecule has 0 bridgehead atoms. The van der Waals surface area contributed by atoms with Crippen LogP contribution >= 0.6 is 0 Å². The van der Waals surface area contributed by atoms with Crippen molar-refractivity contribution in [2.75, 3.05) is 0 Å². The average Bonchev–Trinajstić information content (AvgIpc) is 2.49. The van der Waals surface area contributed by atoms with Gasteiger partial charge in [-0.2, -0.15) is 0 Å². The minimum absolute atomic E-state index is 0. The van der Waals surface area contributed by atoms with Crippen LogP contribution in [0.1, 0.15) is 5.56 Å². The zero-order chi connectivity index (χ0) is 13.1. The zero-order valence-electron chi connectivity index (χ0n) is 11.1. The molecule has 0 saturated heterocycles. The molecule has 20 heavy (non-hydrogen) atoms. The van der Waals surface area contributed by atoms with Gasteiger partial charge in [-0.25, -0.2) is 0 Å². The minimum Gasteiger partial charge on any atom is -0.305 e. The summed E-state index contributed by atoms with van der Waals surface area (Å²) in [7, 11) is 0. The van der Waals surface area contributed by atoms with Crippen molar-refractivity contribution in [1.29, 1.82) is 0 Å². The van der Waals surface area contributed by atoms with Crippen LogP contribution in [0.4, 0.5) is 0 Å². The number of hydrogen-bond donors (Lipinski definition) is 0. The predicted octanol–water partition coefficient (Wildman–Crippen LogP) is 4.52. The monoisotopic (exact) mass is 437 g/mol. The normalized spacial score (nSPS) is 9.85. The molecule has 0 saturated carbocycles. The smallest absolute Gasteiger partial charge is 0.0160 e. The molecule has 101 valence electrons. The summed E-state index contributed by atoms with van der Waals surface area (Å²) in [6.45, 7) is 2.11. The number of hydrogen-bond acceptors (Lipinski definition) is 1. The van der Waals surface area contributed by atoms with Crippen molar-refractivity contribution < 1.29 is 20.1 Å². The van der Waals surface area contributed by atoms with Crippen LogP contribution in [-0.2, 0) is 20.1 Å². The molecule has 2 aromatic carbocycles. The van der Waals surface area contributed by atoms with Crippen LogP contribution in [0.15, 0.2) is 66.9 Å². The largest absolute Gasteiger partial charge is 0.305 e. The molecular weight excluding hydrogens is 422 g/mol. The van der Waals surface area contributed by atoms with E-state index in [9.17, 15) is 0 Å². The Morgan fingerprint density at radius 1 is 0.950 bits per heavy atom. The fourth-order valence-electron chi connectivity index (χ4n) is 2.16. The van der Waals surface area contributed by atoms with Crippen LogP contribution in [0, 0.1) is 13.0 Å². The van der Waals surface area contributed by atoms with Crippen LogP contribution in [0.3, 0.4) is 0 Å². The predicted molar refractivity (Wildman–Crippen MR) is 78.7 cm³/mol. The first-order chi connectivity index (χ1) is 9.34. The van der Waals surface area contributed by atoms with Gasteiger partial charge < -0.3 is 4.98 Å². The van der Waals surface area contributed by atoms with Crippen LogP contribution < -0.4 is 0 Å². The summed E-state index contributed by atoms with van der Waals surface area (Å²) in [6.07, 6.45) is 1.81. The number of aryl methyl sites for hydroxylation is 1. The summed E-state index contributed by atoms with van der Waals surface area (Å²) >= 11 is 0. The van der Waals surface area contributed by atoms with Gasteiger partial charge in [0.15, 0.2) is 0 Å². The van der Waals surface area contributed by atoms with E-state index in [0.717, 1.165) is 11.3 Å². The van der Waals surface area contributed by atoms with Gasteiger partial charge in [0.25, 0.3) is 0 Å². The molecule has 2 heteroatoms. The Labute approximate surface area is 133 Å². The summed E-state index contributed by atoms with van der Waals surface area (Å²) in [6, 6.07) is 23.8. The molecule has 0 aliphatic rings. The van der Waals surface area contributed by atoms with E-state index in [2.05, 4.69) is 48.3 Å². The molecule has 0 unspecified atom stereocenters. The fraction of sp³-hybridized carbons (Fsp3) is 0.0556. The van der Waals surface area contributed by atoms with Crippen molar-refractivity contribution in [3.8, 4) is 22.4 Å². The number of aromatic nitrogens is 1. The van der Waals surface area contributed by atoms with Crippen LogP contribution in [0.5, 0.6) is 0 Å². The molecule has 1 heterocycles. The van der Waals surface area contributed by atoms with E-state index < -0.39 is 0 Å². The third kappa shape index (κ3) is 3.04. The van der Waals surface area contributed by atoms with E-state index >= 15 is 0 Å². The Bertz CT molecular complexity index is 678. The standard InChI is InChI=1S/C18H14N.Ir/c1-14-10-11-16(18-9-5-6-12-19-18)13-17(14)15-7-3-2-4-8-15;/h2-10,12-13H,1H3;/q-1;. The van der Waals surface area contributed by atoms with Crippen molar-refractivity contribution in [1.82, 2.24) is 4.98 Å². The fourth-order valence-corrected chi connectivity index (χ4v) is 2.16. The van der Waals surface area contributed by atoms with Gasteiger partial charge in [0, 0.05) is 26.3 Å². The van der Waals surface area contributed by atoms with E-state index in [-0.39, 0.29) is 20.1 Å². The number of rotatable bonds is 2. The third-order valence-corrected chi connectivity index (χ3v) is 3.18.